The maximum absolute atomic E-state index is 11.6. The average Bonchev–Trinajstić information content (AvgIpc) is 2.46. The molecule has 5 heteroatoms. The summed E-state index contributed by atoms with van der Waals surface area (Å²) in [6.45, 7) is 5.29. The van der Waals surface area contributed by atoms with Crippen molar-refractivity contribution in [2.45, 2.75) is 18.9 Å². The molecule has 1 fully saturated rings. The molecule has 1 aliphatic heterocycles. The van der Waals surface area contributed by atoms with Crippen LogP contribution in [0.4, 0.5) is 5.82 Å². The van der Waals surface area contributed by atoms with E-state index < -0.39 is 0 Å². The molecule has 0 N–H and O–H groups in total. The number of rotatable bonds is 3. The Morgan fingerprint density at radius 3 is 3.17 bits per heavy atom. The van der Waals surface area contributed by atoms with Crippen molar-refractivity contribution in [1.82, 2.24) is 15.1 Å². The number of hydrogen-bond acceptors (Lipinski definition) is 4. The third-order valence-corrected chi connectivity index (χ3v) is 3.35. The number of amides is 1. The van der Waals surface area contributed by atoms with E-state index in [4.69, 9.17) is 0 Å². The van der Waals surface area contributed by atoms with E-state index in [0.29, 0.717) is 0 Å². The summed E-state index contributed by atoms with van der Waals surface area (Å²) in [6.07, 6.45) is 5.10. The maximum Gasteiger partial charge on any atom is 0.246 e. The lowest BCUT2D eigenvalue weighted by Gasteiger charge is -2.37. The van der Waals surface area contributed by atoms with E-state index in [1.807, 2.05) is 19.2 Å². The monoisotopic (exact) mass is 246 g/mol. The van der Waals surface area contributed by atoms with E-state index in [2.05, 4.69) is 21.7 Å². The molecule has 1 aromatic heterocycles. The number of anilines is 1. The molecule has 1 saturated heterocycles. The third-order valence-electron chi connectivity index (χ3n) is 3.35. The van der Waals surface area contributed by atoms with Crippen molar-refractivity contribution in [2.24, 2.45) is 0 Å². The van der Waals surface area contributed by atoms with Crippen LogP contribution in [0.2, 0.25) is 0 Å². The van der Waals surface area contributed by atoms with E-state index in [-0.39, 0.29) is 11.9 Å². The number of aromatic nitrogens is 2. The predicted molar refractivity (Wildman–Crippen MR) is 70.2 cm³/mol. The SMILES string of the molecule is C=CC(=O)N(C)C1CCCN(c2cccnn2)C1. The van der Waals surface area contributed by atoms with Crippen LogP contribution in [-0.2, 0) is 4.79 Å². The van der Waals surface area contributed by atoms with Crippen LogP contribution in [0.1, 0.15) is 12.8 Å². The topological polar surface area (TPSA) is 49.3 Å². The lowest BCUT2D eigenvalue weighted by Crippen LogP contribution is -2.48. The molecule has 0 aliphatic carbocycles. The molecule has 1 atom stereocenters. The number of carbonyl (C=O) groups excluding carboxylic acids is 1. The van der Waals surface area contributed by atoms with Crippen molar-refractivity contribution in [1.29, 1.82) is 0 Å². The molecule has 1 amide bonds. The zero-order valence-corrected chi connectivity index (χ0v) is 10.6. The van der Waals surface area contributed by atoms with Gasteiger partial charge in [0.2, 0.25) is 5.91 Å². The van der Waals surface area contributed by atoms with Gasteiger partial charge < -0.3 is 9.80 Å². The van der Waals surface area contributed by atoms with Crippen LogP contribution in [0.5, 0.6) is 0 Å². The highest BCUT2D eigenvalue weighted by atomic mass is 16.2. The summed E-state index contributed by atoms with van der Waals surface area (Å²) in [4.78, 5) is 15.5. The second-order valence-corrected chi connectivity index (χ2v) is 4.48. The maximum atomic E-state index is 11.6. The number of carbonyl (C=O) groups is 1. The van der Waals surface area contributed by atoms with Gasteiger partial charge in [-0.25, -0.2) is 0 Å². The highest BCUT2D eigenvalue weighted by Gasteiger charge is 2.25. The molecule has 0 aromatic carbocycles. The molecule has 96 valence electrons. The molecule has 5 nitrogen and oxygen atoms in total. The molecule has 0 spiro atoms. The van der Waals surface area contributed by atoms with Crippen LogP contribution in [0.25, 0.3) is 0 Å². The fourth-order valence-electron chi connectivity index (χ4n) is 2.26. The summed E-state index contributed by atoms with van der Waals surface area (Å²) < 4.78 is 0. The summed E-state index contributed by atoms with van der Waals surface area (Å²) in [5.74, 6) is 0.850. The first-order valence-electron chi connectivity index (χ1n) is 6.14. The minimum Gasteiger partial charge on any atom is -0.353 e. The Bertz CT molecular complexity index is 420. The van der Waals surface area contributed by atoms with Gasteiger partial charge in [-0.15, -0.1) is 5.10 Å². The van der Waals surface area contributed by atoms with Gasteiger partial charge in [0.1, 0.15) is 0 Å². The zero-order valence-electron chi connectivity index (χ0n) is 10.6. The standard InChI is InChI=1S/C13H18N4O/c1-3-13(18)16(2)11-6-5-9-17(10-11)12-7-4-8-14-15-12/h3-4,7-8,11H,1,5-6,9-10H2,2H3. The molecule has 2 rings (SSSR count). The fourth-order valence-corrected chi connectivity index (χ4v) is 2.26. The quantitative estimate of drug-likeness (QED) is 0.749. The molecule has 18 heavy (non-hydrogen) atoms. The second-order valence-electron chi connectivity index (χ2n) is 4.48. The van der Waals surface area contributed by atoms with Crippen LogP contribution < -0.4 is 4.90 Å². The van der Waals surface area contributed by atoms with Crippen molar-refractivity contribution < 1.29 is 4.79 Å². The number of hydrogen-bond donors (Lipinski definition) is 0. The molecule has 1 unspecified atom stereocenters. The van der Waals surface area contributed by atoms with Crippen LogP contribution in [0.3, 0.4) is 0 Å². The molecule has 1 aliphatic rings. The summed E-state index contributed by atoms with van der Waals surface area (Å²) in [5, 5.41) is 8.01. The van der Waals surface area contributed by atoms with E-state index in [0.717, 1.165) is 31.7 Å². The first kappa shape index (κ1) is 12.5. The van der Waals surface area contributed by atoms with Gasteiger partial charge in [-0.05, 0) is 31.1 Å². The molecule has 2 heterocycles. The van der Waals surface area contributed by atoms with Gasteiger partial charge in [-0.1, -0.05) is 6.58 Å². The summed E-state index contributed by atoms with van der Waals surface area (Å²) in [7, 11) is 1.83. The first-order valence-corrected chi connectivity index (χ1v) is 6.14. The smallest absolute Gasteiger partial charge is 0.246 e. The van der Waals surface area contributed by atoms with Gasteiger partial charge in [-0.3, -0.25) is 4.79 Å². The third kappa shape index (κ3) is 2.67. The van der Waals surface area contributed by atoms with E-state index >= 15 is 0 Å². The van der Waals surface area contributed by atoms with E-state index in [1.165, 1.54) is 6.08 Å². The molecule has 0 radical (unpaired) electrons. The Balaban J connectivity index is 2.05. The molecule has 0 saturated carbocycles. The van der Waals surface area contributed by atoms with Gasteiger partial charge in [-0.2, -0.15) is 5.10 Å². The van der Waals surface area contributed by atoms with Gasteiger partial charge in [0.05, 0.1) is 0 Å². The van der Waals surface area contributed by atoms with Crippen LogP contribution in [0.15, 0.2) is 31.0 Å². The Kier molecular flexibility index (Phi) is 3.92. The molecular formula is C13H18N4O. The van der Waals surface area contributed by atoms with Gasteiger partial charge in [0, 0.05) is 32.4 Å². The van der Waals surface area contributed by atoms with Crippen molar-refractivity contribution in [2.75, 3.05) is 25.0 Å². The van der Waals surface area contributed by atoms with Crippen molar-refractivity contribution in [3.63, 3.8) is 0 Å². The minimum atomic E-state index is -0.0269. The summed E-state index contributed by atoms with van der Waals surface area (Å²) in [6, 6.07) is 4.04. The predicted octanol–water partition coefficient (Wildman–Crippen LogP) is 1.09. The van der Waals surface area contributed by atoms with Crippen LogP contribution in [-0.4, -0.2) is 47.2 Å². The van der Waals surface area contributed by atoms with Gasteiger partial charge >= 0.3 is 0 Å². The average molecular weight is 246 g/mol. The molecular weight excluding hydrogens is 228 g/mol. The minimum absolute atomic E-state index is 0.0269. The summed E-state index contributed by atoms with van der Waals surface area (Å²) in [5.41, 5.74) is 0. The normalized spacial score (nSPS) is 19.4. The number of piperidine rings is 1. The lowest BCUT2D eigenvalue weighted by molar-refractivity contribution is -0.126. The van der Waals surface area contributed by atoms with Gasteiger partial charge in [0.15, 0.2) is 5.82 Å². The first-order chi connectivity index (χ1) is 8.72. The van der Waals surface area contributed by atoms with Crippen molar-refractivity contribution >= 4 is 11.7 Å². The van der Waals surface area contributed by atoms with Crippen molar-refractivity contribution in [3.8, 4) is 0 Å². The number of nitrogens with zero attached hydrogens (tertiary/aromatic N) is 4. The Hall–Kier alpha value is -1.91. The Morgan fingerprint density at radius 2 is 2.50 bits per heavy atom. The Morgan fingerprint density at radius 1 is 1.67 bits per heavy atom. The molecule has 1 aromatic rings. The van der Waals surface area contributed by atoms with Crippen LogP contribution >= 0.6 is 0 Å². The van der Waals surface area contributed by atoms with Gasteiger partial charge in [0.25, 0.3) is 0 Å². The van der Waals surface area contributed by atoms with E-state index in [1.54, 1.807) is 11.1 Å². The molecule has 0 bridgehead atoms. The van der Waals surface area contributed by atoms with Crippen LogP contribution in [0, 0.1) is 0 Å². The second kappa shape index (κ2) is 5.62. The highest BCUT2D eigenvalue weighted by Crippen LogP contribution is 2.19. The fraction of sp³-hybridized carbons (Fsp3) is 0.462. The lowest BCUT2D eigenvalue weighted by atomic mass is 10.0. The largest absolute Gasteiger partial charge is 0.353 e. The summed E-state index contributed by atoms with van der Waals surface area (Å²) >= 11 is 0. The highest BCUT2D eigenvalue weighted by molar-refractivity contribution is 5.87. The Labute approximate surface area is 107 Å². The zero-order chi connectivity index (χ0) is 13.0. The number of likely N-dealkylation sites (N-methyl/N-ethyl adjacent to an activating group) is 1. The van der Waals surface area contributed by atoms with Crippen molar-refractivity contribution in [3.05, 3.63) is 31.0 Å². The van der Waals surface area contributed by atoms with E-state index in [9.17, 15) is 4.79 Å².